The van der Waals surface area contributed by atoms with Gasteiger partial charge in [0, 0.05) is 12.1 Å². The number of para-hydroxylation sites is 2. The second-order valence-electron chi connectivity index (χ2n) is 7.24. The number of benzene rings is 2. The molecule has 29 heavy (non-hydrogen) atoms. The van der Waals surface area contributed by atoms with Crippen LogP contribution in [-0.2, 0) is 12.3 Å². The predicted octanol–water partition coefficient (Wildman–Crippen LogP) is 5.43. The molecule has 0 fully saturated rings. The van der Waals surface area contributed by atoms with Gasteiger partial charge in [-0.3, -0.25) is 0 Å². The zero-order chi connectivity index (χ0) is 20.2. The van der Waals surface area contributed by atoms with E-state index < -0.39 is 0 Å². The quantitative estimate of drug-likeness (QED) is 0.362. The highest BCUT2D eigenvalue weighted by molar-refractivity contribution is 7.98. The number of hydrogen-bond acceptors (Lipinski definition) is 6. The molecule has 0 aliphatic rings. The molecule has 2 aromatic heterocycles. The standard InChI is InChI=1S/C22H24N4O2S/c1-15(2)12-13-26-19-7-5-4-6-18(19)23-22(26)29-14-20-24-25-21(28-20)16-8-10-17(27-3)11-9-16/h4-11,15H,12-14H2,1-3H3. The third-order valence-electron chi connectivity index (χ3n) is 4.68. The van der Waals surface area contributed by atoms with Gasteiger partial charge >= 0.3 is 0 Å². The molecule has 150 valence electrons. The number of hydrogen-bond donors (Lipinski definition) is 0. The van der Waals surface area contributed by atoms with Crippen molar-refractivity contribution in [1.82, 2.24) is 19.7 Å². The first kappa shape index (κ1) is 19.5. The van der Waals surface area contributed by atoms with Crippen molar-refractivity contribution in [3.8, 4) is 17.2 Å². The molecule has 0 spiro atoms. The molecule has 0 saturated carbocycles. The summed E-state index contributed by atoms with van der Waals surface area (Å²) in [6, 6.07) is 15.8. The molecule has 2 heterocycles. The lowest BCUT2D eigenvalue weighted by Crippen LogP contribution is -2.03. The van der Waals surface area contributed by atoms with Gasteiger partial charge in [-0.25, -0.2) is 4.98 Å². The maximum absolute atomic E-state index is 5.86. The van der Waals surface area contributed by atoms with Crippen molar-refractivity contribution < 1.29 is 9.15 Å². The van der Waals surface area contributed by atoms with Gasteiger partial charge in [0.1, 0.15) is 5.75 Å². The normalized spacial score (nSPS) is 11.4. The molecule has 0 bridgehead atoms. The van der Waals surface area contributed by atoms with Gasteiger partial charge in [-0.1, -0.05) is 37.7 Å². The van der Waals surface area contributed by atoms with Crippen LogP contribution in [-0.4, -0.2) is 26.9 Å². The van der Waals surface area contributed by atoms with Crippen LogP contribution in [0.15, 0.2) is 58.1 Å². The van der Waals surface area contributed by atoms with E-state index in [2.05, 4.69) is 46.8 Å². The maximum atomic E-state index is 5.86. The number of ether oxygens (including phenoxy) is 1. The summed E-state index contributed by atoms with van der Waals surface area (Å²) in [5.74, 6) is 3.11. The molecule has 7 heteroatoms. The first-order valence-corrected chi connectivity index (χ1v) is 10.7. The minimum Gasteiger partial charge on any atom is -0.497 e. The molecule has 0 radical (unpaired) electrons. The Morgan fingerprint density at radius 3 is 2.62 bits per heavy atom. The van der Waals surface area contributed by atoms with E-state index in [-0.39, 0.29) is 0 Å². The van der Waals surface area contributed by atoms with E-state index >= 15 is 0 Å². The van der Waals surface area contributed by atoms with Crippen molar-refractivity contribution in [3.63, 3.8) is 0 Å². The van der Waals surface area contributed by atoms with E-state index in [0.29, 0.717) is 23.5 Å². The van der Waals surface area contributed by atoms with Gasteiger partial charge in [0.15, 0.2) is 5.16 Å². The number of nitrogens with zero attached hydrogens (tertiary/aromatic N) is 4. The summed E-state index contributed by atoms with van der Waals surface area (Å²) < 4.78 is 13.3. The third-order valence-corrected chi connectivity index (χ3v) is 5.64. The number of aryl methyl sites for hydroxylation is 1. The molecular formula is C22H24N4O2S. The summed E-state index contributed by atoms with van der Waals surface area (Å²) in [6.45, 7) is 5.43. The fourth-order valence-corrected chi connectivity index (χ4v) is 3.93. The van der Waals surface area contributed by atoms with Gasteiger partial charge in [-0.15, -0.1) is 10.2 Å². The molecule has 0 saturated heterocycles. The summed E-state index contributed by atoms with van der Waals surface area (Å²) >= 11 is 1.63. The Bertz CT molecular complexity index is 1090. The number of fused-ring (bicyclic) bond motifs is 1. The molecule has 4 rings (SSSR count). The smallest absolute Gasteiger partial charge is 0.247 e. The number of thioether (sulfide) groups is 1. The van der Waals surface area contributed by atoms with Gasteiger partial charge in [-0.2, -0.15) is 0 Å². The Labute approximate surface area is 174 Å². The van der Waals surface area contributed by atoms with Crippen LogP contribution in [0.1, 0.15) is 26.2 Å². The summed E-state index contributed by atoms with van der Waals surface area (Å²) in [6.07, 6.45) is 1.11. The fourth-order valence-electron chi connectivity index (χ4n) is 3.06. The number of rotatable bonds is 8. The van der Waals surface area contributed by atoms with Crippen molar-refractivity contribution in [2.24, 2.45) is 5.92 Å². The Kier molecular flexibility index (Phi) is 5.85. The van der Waals surface area contributed by atoms with E-state index in [1.807, 2.05) is 30.3 Å². The first-order valence-electron chi connectivity index (χ1n) is 9.69. The van der Waals surface area contributed by atoms with Crippen LogP contribution < -0.4 is 4.74 Å². The van der Waals surface area contributed by atoms with E-state index in [1.165, 1.54) is 5.52 Å². The van der Waals surface area contributed by atoms with Crippen LogP contribution in [0, 0.1) is 5.92 Å². The highest BCUT2D eigenvalue weighted by Crippen LogP contribution is 2.28. The minimum absolute atomic E-state index is 0.511. The molecule has 2 aromatic carbocycles. The molecule has 4 aromatic rings. The average molecular weight is 409 g/mol. The van der Waals surface area contributed by atoms with Gasteiger partial charge in [0.05, 0.1) is 23.9 Å². The van der Waals surface area contributed by atoms with E-state index in [0.717, 1.165) is 35.0 Å². The lowest BCUT2D eigenvalue weighted by atomic mass is 10.1. The van der Waals surface area contributed by atoms with Crippen LogP contribution in [0.3, 0.4) is 0 Å². The second kappa shape index (κ2) is 8.69. The second-order valence-corrected chi connectivity index (χ2v) is 8.18. The topological polar surface area (TPSA) is 66.0 Å². The number of imidazole rings is 1. The van der Waals surface area contributed by atoms with Gasteiger partial charge < -0.3 is 13.7 Å². The zero-order valence-electron chi connectivity index (χ0n) is 16.8. The van der Waals surface area contributed by atoms with Crippen LogP contribution in [0.25, 0.3) is 22.5 Å². The van der Waals surface area contributed by atoms with Crippen molar-refractivity contribution in [1.29, 1.82) is 0 Å². The first-order chi connectivity index (χ1) is 14.1. The van der Waals surface area contributed by atoms with E-state index in [9.17, 15) is 0 Å². The average Bonchev–Trinajstić information content (AvgIpc) is 3.35. The van der Waals surface area contributed by atoms with Crippen molar-refractivity contribution in [2.45, 2.75) is 37.7 Å². The van der Waals surface area contributed by atoms with Crippen LogP contribution in [0.5, 0.6) is 5.75 Å². The lowest BCUT2D eigenvalue weighted by molar-refractivity contribution is 0.415. The summed E-state index contributed by atoms with van der Waals surface area (Å²) in [7, 11) is 1.64. The summed E-state index contributed by atoms with van der Waals surface area (Å²) in [4.78, 5) is 4.81. The van der Waals surface area contributed by atoms with Gasteiger partial charge in [0.2, 0.25) is 11.8 Å². The molecule has 6 nitrogen and oxygen atoms in total. The predicted molar refractivity (Wildman–Crippen MR) is 115 cm³/mol. The Hall–Kier alpha value is -2.80. The van der Waals surface area contributed by atoms with E-state index in [1.54, 1.807) is 18.9 Å². The monoisotopic (exact) mass is 408 g/mol. The van der Waals surface area contributed by atoms with Crippen LogP contribution in [0.2, 0.25) is 0 Å². The number of aromatic nitrogens is 4. The Morgan fingerprint density at radius 1 is 1.07 bits per heavy atom. The highest BCUT2D eigenvalue weighted by Gasteiger charge is 2.14. The minimum atomic E-state index is 0.511. The van der Waals surface area contributed by atoms with Gasteiger partial charge in [-0.05, 0) is 48.7 Å². The molecule has 0 aliphatic carbocycles. The van der Waals surface area contributed by atoms with E-state index in [4.69, 9.17) is 14.1 Å². The zero-order valence-corrected chi connectivity index (χ0v) is 17.6. The fraction of sp³-hybridized carbons (Fsp3) is 0.318. The van der Waals surface area contributed by atoms with Gasteiger partial charge in [0.25, 0.3) is 0 Å². The van der Waals surface area contributed by atoms with Crippen molar-refractivity contribution >= 4 is 22.8 Å². The Balaban J connectivity index is 1.51. The highest BCUT2D eigenvalue weighted by atomic mass is 32.2. The lowest BCUT2D eigenvalue weighted by Gasteiger charge is -2.10. The molecule has 0 N–H and O–H groups in total. The summed E-state index contributed by atoms with van der Waals surface area (Å²) in [5.41, 5.74) is 3.06. The van der Waals surface area contributed by atoms with Crippen molar-refractivity contribution in [2.75, 3.05) is 7.11 Å². The number of methoxy groups -OCH3 is 1. The Morgan fingerprint density at radius 2 is 1.86 bits per heavy atom. The molecule has 0 unspecified atom stereocenters. The molecule has 0 aliphatic heterocycles. The van der Waals surface area contributed by atoms with Crippen molar-refractivity contribution in [3.05, 3.63) is 54.4 Å². The molecule has 0 atom stereocenters. The van der Waals surface area contributed by atoms with Crippen LogP contribution >= 0.6 is 11.8 Å². The third kappa shape index (κ3) is 4.45. The molecule has 0 amide bonds. The largest absolute Gasteiger partial charge is 0.497 e. The molecular weight excluding hydrogens is 384 g/mol. The maximum Gasteiger partial charge on any atom is 0.247 e. The van der Waals surface area contributed by atoms with Crippen LogP contribution in [0.4, 0.5) is 0 Å². The SMILES string of the molecule is COc1ccc(-c2nnc(CSc3nc4ccccc4n3CCC(C)C)o2)cc1. The summed E-state index contributed by atoms with van der Waals surface area (Å²) in [5, 5.41) is 9.37.